The number of fused-ring (bicyclic) bond motifs is 1. The molecule has 0 radical (unpaired) electrons. The summed E-state index contributed by atoms with van der Waals surface area (Å²) < 4.78 is 34.7. The highest BCUT2D eigenvalue weighted by atomic mass is 32.2. The molecule has 1 aromatic carbocycles. The van der Waals surface area contributed by atoms with Gasteiger partial charge in [-0.05, 0) is 51.4 Å². The Morgan fingerprint density at radius 3 is 2.69 bits per heavy atom. The van der Waals surface area contributed by atoms with E-state index in [1.54, 1.807) is 23.5 Å². The Morgan fingerprint density at radius 1 is 1.25 bits per heavy atom. The van der Waals surface area contributed by atoms with E-state index in [-0.39, 0.29) is 12.5 Å². The van der Waals surface area contributed by atoms with Crippen LogP contribution < -0.4 is 5.32 Å². The summed E-state index contributed by atoms with van der Waals surface area (Å²) in [5, 5.41) is 2.89. The number of nitrogens with one attached hydrogen (secondary N) is 1. The molecule has 2 aromatic rings. The van der Waals surface area contributed by atoms with Gasteiger partial charge in [-0.25, -0.2) is 13.4 Å². The van der Waals surface area contributed by atoms with Gasteiger partial charge in [-0.1, -0.05) is 6.42 Å². The van der Waals surface area contributed by atoms with Crippen molar-refractivity contribution in [2.24, 2.45) is 0 Å². The van der Waals surface area contributed by atoms with Crippen LogP contribution in [0.15, 0.2) is 23.1 Å². The third-order valence-electron chi connectivity index (χ3n) is 5.74. The van der Waals surface area contributed by atoms with E-state index in [1.165, 1.54) is 0 Å². The van der Waals surface area contributed by atoms with Gasteiger partial charge in [0.2, 0.25) is 15.9 Å². The quantitative estimate of drug-likeness (QED) is 0.509. The molecule has 32 heavy (non-hydrogen) atoms. The molecule has 0 aliphatic carbocycles. The zero-order chi connectivity index (χ0) is 23.1. The number of benzene rings is 1. The second kappa shape index (κ2) is 11.2. The van der Waals surface area contributed by atoms with Crippen LogP contribution in [-0.4, -0.2) is 80.0 Å². The van der Waals surface area contributed by atoms with Crippen molar-refractivity contribution in [1.82, 2.24) is 24.1 Å². The Bertz CT molecular complexity index is 1010. The fraction of sp³-hybridized carbons (Fsp3) is 0.636. The van der Waals surface area contributed by atoms with Gasteiger partial charge in [0.25, 0.3) is 0 Å². The molecule has 9 nitrogen and oxygen atoms in total. The number of ether oxygens (including phenoxy) is 1. The molecule has 0 spiro atoms. The van der Waals surface area contributed by atoms with Gasteiger partial charge in [0.1, 0.15) is 5.82 Å². The van der Waals surface area contributed by atoms with Crippen LogP contribution >= 0.6 is 0 Å². The molecule has 2 heterocycles. The van der Waals surface area contributed by atoms with Gasteiger partial charge in [-0.15, -0.1) is 0 Å². The molecule has 0 unspecified atom stereocenters. The van der Waals surface area contributed by atoms with E-state index in [0.717, 1.165) is 37.0 Å². The van der Waals surface area contributed by atoms with Gasteiger partial charge in [0.05, 0.1) is 29.0 Å². The maximum atomic E-state index is 13.0. The molecule has 10 heteroatoms. The van der Waals surface area contributed by atoms with Crippen molar-refractivity contribution in [3.8, 4) is 0 Å². The summed E-state index contributed by atoms with van der Waals surface area (Å²) in [6.45, 7) is 5.85. The fourth-order valence-electron chi connectivity index (χ4n) is 4.09. The number of methoxy groups -OCH3 is 1. The summed E-state index contributed by atoms with van der Waals surface area (Å²) in [5.41, 5.74) is 1.56. The number of piperidine rings is 1. The van der Waals surface area contributed by atoms with Crippen molar-refractivity contribution in [3.05, 3.63) is 24.0 Å². The molecule has 0 atom stereocenters. The van der Waals surface area contributed by atoms with Gasteiger partial charge in [-0.3, -0.25) is 9.69 Å². The number of nitrogens with zero attached hydrogens (tertiary/aromatic N) is 4. The topological polar surface area (TPSA) is 96.8 Å². The minimum absolute atomic E-state index is 0.0438. The van der Waals surface area contributed by atoms with Crippen LogP contribution in [0.5, 0.6) is 0 Å². The van der Waals surface area contributed by atoms with E-state index in [0.29, 0.717) is 49.7 Å². The number of sulfonamides is 1. The number of carbonyl (C=O) groups excluding carboxylic acids is 1. The Balaban J connectivity index is 1.73. The van der Waals surface area contributed by atoms with Crippen LogP contribution in [0.1, 0.15) is 38.4 Å². The van der Waals surface area contributed by atoms with Gasteiger partial charge >= 0.3 is 0 Å². The Hall–Kier alpha value is -2.01. The largest absolute Gasteiger partial charge is 0.385 e. The van der Waals surface area contributed by atoms with Crippen molar-refractivity contribution in [2.45, 2.75) is 50.6 Å². The number of rotatable bonds is 11. The summed E-state index contributed by atoms with van der Waals surface area (Å²) in [6, 6.07) is 5.20. The third kappa shape index (κ3) is 5.86. The molecule has 1 aliphatic rings. The molecule has 1 N–H and O–H groups in total. The summed E-state index contributed by atoms with van der Waals surface area (Å²) in [7, 11) is 0.0116. The highest BCUT2D eigenvalue weighted by Gasteiger charge is 2.26. The van der Waals surface area contributed by atoms with Crippen LogP contribution in [0.25, 0.3) is 11.0 Å². The predicted octanol–water partition coefficient (Wildman–Crippen LogP) is 1.82. The monoisotopic (exact) mass is 465 g/mol. The zero-order valence-corrected chi connectivity index (χ0v) is 20.2. The molecular formula is C22H35N5O4S. The fourth-order valence-corrected chi connectivity index (χ4v) is 5.63. The van der Waals surface area contributed by atoms with Crippen LogP contribution in [-0.2, 0) is 32.6 Å². The Kier molecular flexibility index (Phi) is 8.64. The Labute approximate surface area is 190 Å². The number of aryl methyl sites for hydroxylation is 1. The molecule has 1 aliphatic heterocycles. The van der Waals surface area contributed by atoms with Gasteiger partial charge < -0.3 is 14.6 Å². The normalized spacial score (nSPS) is 15.5. The standard InChI is InChI=1S/C22H35N5O4S/c1-4-27-20-10-9-18(32(29,30)26-12-6-5-7-13-26)15-19(20)24-21(27)16-25(2)17-22(28)23-11-8-14-31-3/h9-10,15H,4-8,11-14,16-17H2,1-3H3,(H,23,28). The van der Waals surface area contributed by atoms with Crippen molar-refractivity contribution in [1.29, 1.82) is 0 Å². The summed E-state index contributed by atoms with van der Waals surface area (Å²) in [5.74, 6) is 0.766. The van der Waals surface area contributed by atoms with Crippen LogP contribution in [0.3, 0.4) is 0 Å². The number of imidazole rings is 1. The Morgan fingerprint density at radius 2 is 2.00 bits per heavy atom. The van der Waals surface area contributed by atoms with Gasteiger partial charge in [0, 0.05) is 39.9 Å². The lowest BCUT2D eigenvalue weighted by molar-refractivity contribution is -0.122. The first-order valence-electron chi connectivity index (χ1n) is 11.3. The number of hydrogen-bond acceptors (Lipinski definition) is 6. The van der Waals surface area contributed by atoms with E-state index in [1.807, 2.05) is 24.9 Å². The molecule has 1 saturated heterocycles. The molecule has 0 saturated carbocycles. The first-order chi connectivity index (χ1) is 15.4. The predicted molar refractivity (Wildman–Crippen MR) is 124 cm³/mol. The maximum Gasteiger partial charge on any atom is 0.243 e. The van der Waals surface area contributed by atoms with E-state index in [4.69, 9.17) is 9.72 Å². The third-order valence-corrected chi connectivity index (χ3v) is 7.63. The number of carbonyl (C=O) groups is 1. The second-order valence-electron chi connectivity index (χ2n) is 8.26. The van der Waals surface area contributed by atoms with Crippen LogP contribution in [0.4, 0.5) is 0 Å². The van der Waals surface area contributed by atoms with Gasteiger partial charge in [0.15, 0.2) is 0 Å². The lowest BCUT2D eigenvalue weighted by Crippen LogP contribution is -2.36. The lowest BCUT2D eigenvalue weighted by Gasteiger charge is -2.25. The number of aromatic nitrogens is 2. The number of amides is 1. The van der Waals surface area contributed by atoms with Crippen LogP contribution in [0, 0.1) is 0 Å². The van der Waals surface area contributed by atoms with Crippen molar-refractivity contribution in [3.63, 3.8) is 0 Å². The van der Waals surface area contributed by atoms with Crippen molar-refractivity contribution < 1.29 is 17.9 Å². The van der Waals surface area contributed by atoms with E-state index >= 15 is 0 Å². The molecule has 0 bridgehead atoms. The maximum absolute atomic E-state index is 13.0. The molecule has 3 rings (SSSR count). The minimum Gasteiger partial charge on any atom is -0.385 e. The molecule has 1 fully saturated rings. The number of hydrogen-bond donors (Lipinski definition) is 1. The summed E-state index contributed by atoms with van der Waals surface area (Å²) in [4.78, 5) is 19.1. The lowest BCUT2D eigenvalue weighted by atomic mass is 10.2. The minimum atomic E-state index is -3.50. The first-order valence-corrected chi connectivity index (χ1v) is 12.7. The van der Waals surface area contributed by atoms with E-state index in [2.05, 4.69) is 9.88 Å². The van der Waals surface area contributed by atoms with Crippen molar-refractivity contribution >= 4 is 27.0 Å². The van der Waals surface area contributed by atoms with Gasteiger partial charge in [-0.2, -0.15) is 4.31 Å². The average molecular weight is 466 g/mol. The summed E-state index contributed by atoms with van der Waals surface area (Å²) >= 11 is 0. The second-order valence-corrected chi connectivity index (χ2v) is 10.2. The van der Waals surface area contributed by atoms with E-state index < -0.39 is 10.0 Å². The highest BCUT2D eigenvalue weighted by molar-refractivity contribution is 7.89. The van der Waals surface area contributed by atoms with Crippen LogP contribution in [0.2, 0.25) is 0 Å². The van der Waals surface area contributed by atoms with E-state index in [9.17, 15) is 13.2 Å². The zero-order valence-electron chi connectivity index (χ0n) is 19.3. The smallest absolute Gasteiger partial charge is 0.243 e. The summed E-state index contributed by atoms with van der Waals surface area (Å²) in [6.07, 6.45) is 3.67. The van der Waals surface area contributed by atoms with Crippen molar-refractivity contribution in [2.75, 3.05) is 46.9 Å². The average Bonchev–Trinajstić information content (AvgIpc) is 3.13. The first kappa shape index (κ1) is 24.6. The molecule has 1 amide bonds. The number of likely N-dealkylation sites (N-methyl/N-ethyl adjacent to an activating group) is 1. The molecule has 178 valence electrons. The molecular weight excluding hydrogens is 430 g/mol. The molecule has 1 aromatic heterocycles. The highest BCUT2D eigenvalue weighted by Crippen LogP contribution is 2.25. The SMILES string of the molecule is CCn1c(CN(C)CC(=O)NCCCOC)nc2cc(S(=O)(=O)N3CCCCC3)ccc21.